The largest absolute Gasteiger partial charge is 0.375 e. The molecular weight excluding hydrogens is 328 g/mol. The van der Waals surface area contributed by atoms with E-state index in [2.05, 4.69) is 25.2 Å². The molecule has 23 heavy (non-hydrogen) atoms. The van der Waals surface area contributed by atoms with Crippen LogP contribution in [0.4, 0.5) is 10.9 Å². The van der Waals surface area contributed by atoms with E-state index in [1.54, 1.807) is 29.0 Å². The number of hydrogen-bond donors (Lipinski definition) is 2. The molecule has 0 spiro atoms. The fraction of sp³-hybridized carbons (Fsp3) is 0.400. The van der Waals surface area contributed by atoms with E-state index in [-0.39, 0.29) is 0 Å². The van der Waals surface area contributed by atoms with Crippen molar-refractivity contribution in [1.29, 1.82) is 0 Å². The molecule has 8 heteroatoms. The Balaban J connectivity index is 1.62. The molecule has 2 aliphatic heterocycles. The highest BCUT2D eigenvalue weighted by Gasteiger charge is 2.26. The average Bonchev–Trinajstić information content (AvgIpc) is 3.12. The molecule has 6 nitrogen and oxygen atoms in total. The molecule has 0 bridgehead atoms. The molecule has 5 heterocycles. The summed E-state index contributed by atoms with van der Waals surface area (Å²) in [5.41, 5.74) is 8.46. The minimum Gasteiger partial charge on any atom is -0.375 e. The van der Waals surface area contributed by atoms with E-state index in [1.807, 2.05) is 0 Å². The summed E-state index contributed by atoms with van der Waals surface area (Å²) in [4.78, 5) is 19.7. The van der Waals surface area contributed by atoms with E-state index in [4.69, 9.17) is 5.73 Å². The van der Waals surface area contributed by atoms with Gasteiger partial charge in [0.2, 0.25) is 0 Å². The third-order valence-corrected chi connectivity index (χ3v) is 6.59. The fourth-order valence-corrected chi connectivity index (χ4v) is 5.52. The second-order valence-electron chi connectivity index (χ2n) is 5.90. The third kappa shape index (κ3) is 2.13. The molecule has 0 fully saturated rings. The summed E-state index contributed by atoms with van der Waals surface area (Å²) in [7, 11) is 0. The number of anilines is 2. The summed E-state index contributed by atoms with van der Waals surface area (Å²) in [6, 6.07) is 0. The first-order valence-electron chi connectivity index (χ1n) is 7.74. The van der Waals surface area contributed by atoms with Crippen LogP contribution in [0.1, 0.15) is 21.0 Å². The van der Waals surface area contributed by atoms with Crippen LogP contribution in [0.3, 0.4) is 0 Å². The molecule has 0 saturated heterocycles. The lowest BCUT2D eigenvalue weighted by atomic mass is 10.1. The van der Waals surface area contributed by atoms with E-state index < -0.39 is 0 Å². The van der Waals surface area contributed by atoms with Crippen molar-refractivity contribution in [2.24, 2.45) is 0 Å². The van der Waals surface area contributed by atoms with Gasteiger partial charge in [0, 0.05) is 29.3 Å². The monoisotopic (exact) mass is 344 g/mol. The van der Waals surface area contributed by atoms with Gasteiger partial charge in [-0.3, -0.25) is 0 Å². The smallest absolute Gasteiger partial charge is 0.180 e. The van der Waals surface area contributed by atoms with Crippen molar-refractivity contribution < 1.29 is 0 Å². The van der Waals surface area contributed by atoms with Gasteiger partial charge in [-0.2, -0.15) is 0 Å². The zero-order chi connectivity index (χ0) is 15.4. The van der Waals surface area contributed by atoms with Crippen LogP contribution >= 0.6 is 22.7 Å². The number of nitrogens with one attached hydrogen (secondary N) is 1. The Labute approximate surface area is 141 Å². The highest BCUT2D eigenvalue weighted by atomic mass is 32.1. The predicted octanol–water partition coefficient (Wildman–Crippen LogP) is 1.94. The van der Waals surface area contributed by atoms with Gasteiger partial charge in [0.1, 0.15) is 17.0 Å². The highest BCUT2D eigenvalue weighted by Crippen LogP contribution is 2.38. The van der Waals surface area contributed by atoms with Gasteiger partial charge in [0.15, 0.2) is 5.13 Å². The minimum atomic E-state index is 0.670. The molecule has 2 aliphatic rings. The average molecular weight is 344 g/mol. The number of nitrogens with two attached hydrogens (primary N) is 1. The fourth-order valence-electron chi connectivity index (χ4n) is 3.48. The molecular formula is C15H16N6S2. The van der Waals surface area contributed by atoms with E-state index in [1.165, 1.54) is 20.7 Å². The second kappa shape index (κ2) is 5.12. The molecule has 0 amide bonds. The van der Waals surface area contributed by atoms with Crippen LogP contribution < -0.4 is 16.0 Å². The quantitative estimate of drug-likeness (QED) is 0.702. The first-order chi connectivity index (χ1) is 11.3. The number of thiazole rings is 1. The maximum absolute atomic E-state index is 5.87. The van der Waals surface area contributed by atoms with Crippen molar-refractivity contribution in [3.05, 3.63) is 27.3 Å². The maximum atomic E-state index is 5.87. The molecule has 0 radical (unpaired) electrons. The van der Waals surface area contributed by atoms with Crippen molar-refractivity contribution in [3.63, 3.8) is 0 Å². The van der Waals surface area contributed by atoms with Crippen LogP contribution in [0, 0.1) is 0 Å². The lowest BCUT2D eigenvalue weighted by Gasteiger charge is -2.28. The Morgan fingerprint density at radius 1 is 1.17 bits per heavy atom. The zero-order valence-corrected chi connectivity index (χ0v) is 14.1. The van der Waals surface area contributed by atoms with Crippen molar-refractivity contribution in [1.82, 2.24) is 20.3 Å². The van der Waals surface area contributed by atoms with Gasteiger partial charge in [-0.1, -0.05) is 0 Å². The molecule has 0 atom stereocenters. The van der Waals surface area contributed by atoms with Crippen LogP contribution in [0.5, 0.6) is 0 Å². The Bertz CT molecular complexity index is 899. The predicted molar refractivity (Wildman–Crippen MR) is 94.1 cm³/mol. The first-order valence-corrected chi connectivity index (χ1v) is 9.38. The topological polar surface area (TPSA) is 80.0 Å². The van der Waals surface area contributed by atoms with Crippen LogP contribution in [-0.4, -0.2) is 28.0 Å². The molecule has 3 N–H and O–H groups in total. The Morgan fingerprint density at radius 3 is 3.09 bits per heavy atom. The molecule has 0 saturated carbocycles. The van der Waals surface area contributed by atoms with Gasteiger partial charge in [-0.05, 0) is 18.5 Å². The van der Waals surface area contributed by atoms with Crippen molar-refractivity contribution in [2.45, 2.75) is 25.9 Å². The molecule has 5 rings (SSSR count). The number of fused-ring (bicyclic) bond motifs is 4. The molecule has 0 aliphatic carbocycles. The Morgan fingerprint density at radius 2 is 2.13 bits per heavy atom. The van der Waals surface area contributed by atoms with Gasteiger partial charge in [0.05, 0.1) is 17.6 Å². The second-order valence-corrected chi connectivity index (χ2v) is 8.10. The molecule has 0 unspecified atom stereocenters. The van der Waals surface area contributed by atoms with Crippen molar-refractivity contribution >= 4 is 43.8 Å². The summed E-state index contributed by atoms with van der Waals surface area (Å²) in [6.45, 7) is 3.76. The summed E-state index contributed by atoms with van der Waals surface area (Å²) in [5.74, 6) is 1.08. The molecule has 118 valence electrons. The van der Waals surface area contributed by atoms with Crippen molar-refractivity contribution in [3.8, 4) is 0 Å². The highest BCUT2D eigenvalue weighted by molar-refractivity contribution is 7.19. The summed E-state index contributed by atoms with van der Waals surface area (Å²) >= 11 is 3.40. The summed E-state index contributed by atoms with van der Waals surface area (Å²) in [6.07, 6.45) is 3.69. The van der Waals surface area contributed by atoms with E-state index in [0.717, 1.165) is 55.4 Å². The number of rotatable bonds is 1. The van der Waals surface area contributed by atoms with Gasteiger partial charge >= 0.3 is 0 Å². The van der Waals surface area contributed by atoms with Gasteiger partial charge in [-0.15, -0.1) is 22.7 Å². The molecule has 0 aromatic carbocycles. The lowest BCUT2D eigenvalue weighted by Crippen LogP contribution is -2.31. The third-order valence-electron chi connectivity index (χ3n) is 4.54. The molecule has 3 aromatic rings. The lowest BCUT2D eigenvalue weighted by molar-refractivity contribution is 0.656. The number of nitrogen functional groups attached to an aromatic ring is 1. The Kier molecular flexibility index (Phi) is 3.04. The number of hydrogen-bond acceptors (Lipinski definition) is 8. The van der Waals surface area contributed by atoms with Crippen LogP contribution in [0.2, 0.25) is 0 Å². The first kappa shape index (κ1) is 13.6. The van der Waals surface area contributed by atoms with E-state index >= 15 is 0 Å². The van der Waals surface area contributed by atoms with Crippen LogP contribution in [-0.2, 0) is 25.9 Å². The summed E-state index contributed by atoms with van der Waals surface area (Å²) in [5, 5.41) is 5.37. The van der Waals surface area contributed by atoms with Gasteiger partial charge < -0.3 is 16.0 Å². The Hall–Kier alpha value is -1.77. The molecule has 3 aromatic heterocycles. The SMILES string of the molecule is Nc1nc2c(s1)CN(c1ncnc3sc4c(c13)CCNC4)CC2. The minimum absolute atomic E-state index is 0.670. The number of aromatic nitrogens is 3. The van der Waals surface area contributed by atoms with E-state index in [0.29, 0.717) is 5.13 Å². The summed E-state index contributed by atoms with van der Waals surface area (Å²) < 4.78 is 0. The normalized spacial score (nSPS) is 17.3. The van der Waals surface area contributed by atoms with Crippen LogP contribution in [0.15, 0.2) is 6.33 Å². The van der Waals surface area contributed by atoms with Gasteiger partial charge in [0.25, 0.3) is 0 Å². The van der Waals surface area contributed by atoms with E-state index in [9.17, 15) is 0 Å². The van der Waals surface area contributed by atoms with Gasteiger partial charge in [-0.25, -0.2) is 15.0 Å². The standard InChI is InChI=1S/C15H16N6S2/c16-15-20-9-2-4-21(6-11(9)23-15)13-12-8-1-3-17-5-10(8)22-14(12)19-7-18-13/h7,17H,1-6H2,(H2,16,20). The van der Waals surface area contributed by atoms with Crippen LogP contribution in [0.25, 0.3) is 10.2 Å². The van der Waals surface area contributed by atoms with Crippen molar-refractivity contribution in [2.75, 3.05) is 23.7 Å². The maximum Gasteiger partial charge on any atom is 0.180 e. The number of nitrogens with zero attached hydrogens (tertiary/aromatic N) is 4. The zero-order valence-electron chi connectivity index (χ0n) is 12.5. The number of thiophene rings is 1.